The Kier molecular flexibility index (Phi) is 3.35. The first-order valence-electron chi connectivity index (χ1n) is 7.58. The van der Waals surface area contributed by atoms with E-state index in [0.29, 0.717) is 23.6 Å². The summed E-state index contributed by atoms with van der Waals surface area (Å²) in [5, 5.41) is 3.28. The van der Waals surface area contributed by atoms with Crippen LogP contribution in [0.2, 0.25) is 0 Å². The van der Waals surface area contributed by atoms with Gasteiger partial charge in [-0.1, -0.05) is 60.7 Å². The molecule has 0 unspecified atom stereocenters. The van der Waals surface area contributed by atoms with Gasteiger partial charge in [0.15, 0.2) is 5.82 Å². The van der Waals surface area contributed by atoms with E-state index in [1.54, 1.807) is 0 Å². The van der Waals surface area contributed by atoms with Crippen molar-refractivity contribution in [3.05, 3.63) is 76.6 Å². The van der Waals surface area contributed by atoms with Crippen LogP contribution >= 0.6 is 0 Å². The molecule has 24 heavy (non-hydrogen) atoms. The summed E-state index contributed by atoms with van der Waals surface area (Å²) in [6.45, 7) is 0.556. The minimum atomic E-state index is -0.376. The first-order chi connectivity index (χ1) is 11.7. The molecule has 0 aliphatic carbocycles. The quantitative estimate of drug-likeness (QED) is 0.607. The SMILES string of the molecule is Nc1nc2n(Cc3ccccc3)[nH]c(-c3ccccc3)c-2c(=O)n1. The molecule has 2 aliphatic heterocycles. The molecular formula is C18H15N5O. The normalized spacial score (nSPS) is 11.0. The fourth-order valence-electron chi connectivity index (χ4n) is 2.80. The van der Waals surface area contributed by atoms with Crippen molar-refractivity contribution >= 4 is 5.95 Å². The average molecular weight is 317 g/mol. The van der Waals surface area contributed by atoms with Crippen molar-refractivity contribution in [1.29, 1.82) is 0 Å². The predicted molar refractivity (Wildman–Crippen MR) is 92.7 cm³/mol. The second-order valence-electron chi connectivity index (χ2n) is 5.51. The van der Waals surface area contributed by atoms with Crippen molar-refractivity contribution in [2.24, 2.45) is 0 Å². The van der Waals surface area contributed by atoms with Gasteiger partial charge in [0.1, 0.15) is 5.56 Å². The van der Waals surface area contributed by atoms with Crippen LogP contribution in [-0.2, 0) is 6.54 Å². The van der Waals surface area contributed by atoms with Gasteiger partial charge in [-0.3, -0.25) is 14.6 Å². The first kappa shape index (κ1) is 14.2. The van der Waals surface area contributed by atoms with E-state index < -0.39 is 0 Å². The molecule has 0 amide bonds. The molecule has 6 nitrogen and oxygen atoms in total. The summed E-state index contributed by atoms with van der Waals surface area (Å²) >= 11 is 0. The molecule has 3 N–H and O–H groups in total. The van der Waals surface area contributed by atoms with Crippen LogP contribution in [-0.4, -0.2) is 19.7 Å². The molecule has 2 aromatic carbocycles. The molecule has 0 spiro atoms. The number of H-pyrrole nitrogens is 1. The highest BCUT2D eigenvalue weighted by atomic mass is 16.1. The highest BCUT2D eigenvalue weighted by molar-refractivity contribution is 5.78. The van der Waals surface area contributed by atoms with Crippen molar-refractivity contribution in [2.75, 3.05) is 5.73 Å². The van der Waals surface area contributed by atoms with Gasteiger partial charge >= 0.3 is 0 Å². The lowest BCUT2D eigenvalue weighted by Crippen LogP contribution is -2.16. The van der Waals surface area contributed by atoms with E-state index in [9.17, 15) is 4.79 Å². The molecule has 4 rings (SSSR count). The number of hydrogen-bond acceptors (Lipinski definition) is 4. The van der Waals surface area contributed by atoms with E-state index in [1.807, 2.05) is 65.3 Å². The summed E-state index contributed by atoms with van der Waals surface area (Å²) in [6, 6.07) is 19.6. The maximum atomic E-state index is 12.4. The summed E-state index contributed by atoms with van der Waals surface area (Å²) in [5.41, 5.74) is 8.46. The third-order valence-corrected chi connectivity index (χ3v) is 3.87. The molecule has 0 saturated heterocycles. The number of nitrogens with one attached hydrogen (secondary N) is 1. The van der Waals surface area contributed by atoms with E-state index in [2.05, 4.69) is 15.1 Å². The predicted octanol–water partition coefficient (Wildman–Crippen LogP) is 2.37. The number of fused-ring (bicyclic) bond motifs is 1. The lowest BCUT2D eigenvalue weighted by molar-refractivity contribution is 0.686. The minimum Gasteiger partial charge on any atom is -0.368 e. The summed E-state index contributed by atoms with van der Waals surface area (Å²) in [6.07, 6.45) is 0. The Bertz CT molecular complexity index is 1000. The van der Waals surface area contributed by atoms with Crippen molar-refractivity contribution in [3.8, 4) is 22.6 Å². The summed E-state index contributed by atoms with van der Waals surface area (Å²) < 4.78 is 1.83. The van der Waals surface area contributed by atoms with Gasteiger partial charge in [0.2, 0.25) is 5.95 Å². The molecule has 0 fully saturated rings. The molecule has 0 saturated carbocycles. The van der Waals surface area contributed by atoms with E-state index in [0.717, 1.165) is 11.1 Å². The van der Waals surface area contributed by atoms with Crippen molar-refractivity contribution in [1.82, 2.24) is 19.7 Å². The molecule has 0 radical (unpaired) electrons. The minimum absolute atomic E-state index is 0.0204. The second kappa shape index (κ2) is 5.66. The number of hydrogen-bond donors (Lipinski definition) is 2. The van der Waals surface area contributed by atoms with E-state index in [-0.39, 0.29) is 11.5 Å². The third-order valence-electron chi connectivity index (χ3n) is 3.87. The number of nitrogens with zero attached hydrogens (tertiary/aromatic N) is 3. The summed E-state index contributed by atoms with van der Waals surface area (Å²) in [7, 11) is 0. The monoisotopic (exact) mass is 317 g/mol. The Morgan fingerprint density at radius 1 is 0.958 bits per heavy atom. The molecule has 118 valence electrons. The van der Waals surface area contributed by atoms with Crippen LogP contribution in [0.4, 0.5) is 5.95 Å². The molecule has 6 heteroatoms. The van der Waals surface area contributed by atoms with Crippen molar-refractivity contribution in [3.63, 3.8) is 0 Å². The number of rotatable bonds is 3. The Balaban J connectivity index is 1.92. The van der Waals surface area contributed by atoms with Gasteiger partial charge in [0.05, 0.1) is 12.2 Å². The third kappa shape index (κ3) is 2.44. The Morgan fingerprint density at radius 3 is 2.33 bits per heavy atom. The lowest BCUT2D eigenvalue weighted by Gasteiger charge is -2.06. The Labute approximate surface area is 137 Å². The number of aromatic nitrogens is 4. The van der Waals surface area contributed by atoms with Gasteiger partial charge in [0, 0.05) is 5.56 Å². The number of nitrogen functional groups attached to an aromatic ring is 1. The average Bonchev–Trinajstić information content (AvgIpc) is 2.95. The first-order valence-corrected chi connectivity index (χ1v) is 7.58. The highest BCUT2D eigenvalue weighted by Gasteiger charge is 2.23. The molecule has 2 aromatic rings. The number of nitrogens with two attached hydrogens (primary N) is 1. The van der Waals surface area contributed by atoms with Crippen molar-refractivity contribution in [2.45, 2.75) is 6.54 Å². The number of aromatic amines is 1. The largest absolute Gasteiger partial charge is 0.368 e. The van der Waals surface area contributed by atoms with Gasteiger partial charge < -0.3 is 5.73 Å². The lowest BCUT2D eigenvalue weighted by atomic mass is 10.1. The van der Waals surface area contributed by atoms with Gasteiger partial charge in [0.25, 0.3) is 5.56 Å². The van der Waals surface area contributed by atoms with E-state index in [1.165, 1.54) is 0 Å². The van der Waals surface area contributed by atoms with Crippen molar-refractivity contribution < 1.29 is 0 Å². The van der Waals surface area contributed by atoms with Crippen LogP contribution in [0.1, 0.15) is 5.56 Å². The van der Waals surface area contributed by atoms with Crippen LogP contribution in [0, 0.1) is 0 Å². The molecule has 0 aromatic heterocycles. The Morgan fingerprint density at radius 2 is 1.62 bits per heavy atom. The zero-order valence-electron chi connectivity index (χ0n) is 12.8. The van der Waals surface area contributed by atoms with E-state index >= 15 is 0 Å². The van der Waals surface area contributed by atoms with E-state index in [4.69, 9.17) is 5.73 Å². The Hall–Kier alpha value is -3.41. The molecule has 2 heterocycles. The van der Waals surface area contributed by atoms with Gasteiger partial charge in [-0.15, -0.1) is 0 Å². The van der Waals surface area contributed by atoms with Gasteiger partial charge in [-0.05, 0) is 5.56 Å². The van der Waals surface area contributed by atoms with Gasteiger partial charge in [-0.2, -0.15) is 9.97 Å². The number of benzene rings is 2. The number of anilines is 1. The zero-order valence-corrected chi connectivity index (χ0v) is 12.8. The van der Waals surface area contributed by atoms with Crippen LogP contribution in [0.3, 0.4) is 0 Å². The van der Waals surface area contributed by atoms with Gasteiger partial charge in [-0.25, -0.2) is 0 Å². The van der Waals surface area contributed by atoms with Crippen LogP contribution in [0.25, 0.3) is 22.6 Å². The smallest absolute Gasteiger partial charge is 0.286 e. The highest BCUT2D eigenvalue weighted by Crippen LogP contribution is 2.29. The zero-order chi connectivity index (χ0) is 16.5. The molecule has 2 aliphatic rings. The molecule has 0 bridgehead atoms. The van der Waals surface area contributed by atoms with Crippen LogP contribution in [0.5, 0.6) is 0 Å². The topological polar surface area (TPSA) is 89.6 Å². The van der Waals surface area contributed by atoms with Crippen LogP contribution < -0.4 is 11.3 Å². The molecule has 0 atom stereocenters. The molecular weight excluding hydrogens is 302 g/mol. The fourth-order valence-corrected chi connectivity index (χ4v) is 2.80. The summed E-state index contributed by atoms with van der Waals surface area (Å²) in [5.74, 6) is 0.489. The van der Waals surface area contributed by atoms with Crippen LogP contribution in [0.15, 0.2) is 65.5 Å². The second-order valence-corrected chi connectivity index (χ2v) is 5.51. The summed E-state index contributed by atoms with van der Waals surface area (Å²) in [4.78, 5) is 20.5. The maximum Gasteiger partial charge on any atom is 0.286 e. The standard InChI is InChI=1S/C18H15N5O/c19-18-20-16-14(17(24)21-18)15(13-9-5-2-6-10-13)22-23(16)11-12-7-3-1-4-8-12/h1-10,22H,11H2,(H2,19,21,24). The maximum absolute atomic E-state index is 12.4. The fraction of sp³-hybridized carbons (Fsp3) is 0.0556.